The van der Waals surface area contributed by atoms with Gasteiger partial charge in [0.25, 0.3) is 0 Å². The fourth-order valence-electron chi connectivity index (χ4n) is 3.39. The van der Waals surface area contributed by atoms with Crippen LogP contribution in [0.2, 0.25) is 0 Å². The predicted molar refractivity (Wildman–Crippen MR) is 92.8 cm³/mol. The van der Waals surface area contributed by atoms with Gasteiger partial charge < -0.3 is 20.4 Å². The second kappa shape index (κ2) is 7.27. The number of pyridine rings is 1. The first-order chi connectivity index (χ1) is 11.1. The molecule has 2 N–H and O–H groups in total. The molecule has 1 amide bonds. The Hall–Kier alpha value is -1.66. The molecule has 0 spiro atoms. The number of hydrogen-bond donors (Lipinski definition) is 2. The highest BCUT2D eigenvalue weighted by molar-refractivity contribution is 5.92. The predicted octanol–water partition coefficient (Wildman–Crippen LogP) is 1.16. The van der Waals surface area contributed by atoms with E-state index in [0.29, 0.717) is 11.9 Å². The number of aromatic nitrogens is 1. The van der Waals surface area contributed by atoms with Crippen LogP contribution in [-0.2, 0) is 4.79 Å². The Morgan fingerprint density at radius 1 is 1.30 bits per heavy atom. The molecule has 1 aromatic heterocycles. The summed E-state index contributed by atoms with van der Waals surface area (Å²) in [6.45, 7) is 3.81. The number of nitrogens with zero attached hydrogens (tertiary/aromatic N) is 3. The zero-order valence-corrected chi connectivity index (χ0v) is 14.1. The van der Waals surface area contributed by atoms with Crippen LogP contribution >= 0.6 is 0 Å². The van der Waals surface area contributed by atoms with Crippen molar-refractivity contribution in [3.05, 3.63) is 18.3 Å². The van der Waals surface area contributed by atoms with Gasteiger partial charge >= 0.3 is 0 Å². The summed E-state index contributed by atoms with van der Waals surface area (Å²) in [5.41, 5.74) is 1.14. The van der Waals surface area contributed by atoms with E-state index in [9.17, 15) is 4.79 Å². The SMILES string of the molecule is CN(C)C1CCN(c2ccc(NC(=O)C3CCNC3)nc2)CC1. The van der Waals surface area contributed by atoms with E-state index in [1.165, 1.54) is 12.8 Å². The summed E-state index contributed by atoms with van der Waals surface area (Å²) in [6, 6.07) is 4.65. The van der Waals surface area contributed by atoms with E-state index in [4.69, 9.17) is 0 Å². The van der Waals surface area contributed by atoms with E-state index >= 15 is 0 Å². The number of amides is 1. The highest BCUT2D eigenvalue weighted by Crippen LogP contribution is 2.22. The third-order valence-corrected chi connectivity index (χ3v) is 4.99. The van der Waals surface area contributed by atoms with Gasteiger partial charge in [-0.3, -0.25) is 4.79 Å². The molecule has 2 saturated heterocycles. The normalized spacial score (nSPS) is 22.6. The van der Waals surface area contributed by atoms with Crippen molar-refractivity contribution in [2.75, 3.05) is 50.5 Å². The highest BCUT2D eigenvalue weighted by Gasteiger charge is 2.23. The fraction of sp³-hybridized carbons (Fsp3) is 0.647. The van der Waals surface area contributed by atoms with E-state index in [1.807, 2.05) is 12.3 Å². The van der Waals surface area contributed by atoms with Crippen molar-refractivity contribution < 1.29 is 4.79 Å². The topological polar surface area (TPSA) is 60.5 Å². The molecule has 126 valence electrons. The summed E-state index contributed by atoms with van der Waals surface area (Å²) in [7, 11) is 4.30. The summed E-state index contributed by atoms with van der Waals surface area (Å²) < 4.78 is 0. The molecule has 3 rings (SSSR count). The van der Waals surface area contributed by atoms with Crippen LogP contribution in [0, 0.1) is 5.92 Å². The van der Waals surface area contributed by atoms with Gasteiger partial charge in [0.05, 0.1) is 17.8 Å². The Bertz CT molecular complexity index is 516. The van der Waals surface area contributed by atoms with E-state index in [0.717, 1.165) is 38.3 Å². The van der Waals surface area contributed by atoms with Crippen molar-refractivity contribution in [2.45, 2.75) is 25.3 Å². The van der Waals surface area contributed by atoms with Crippen LogP contribution in [-0.4, -0.2) is 62.1 Å². The molecule has 2 aliphatic heterocycles. The van der Waals surface area contributed by atoms with E-state index in [2.05, 4.69) is 45.6 Å². The lowest BCUT2D eigenvalue weighted by Crippen LogP contribution is -2.42. The van der Waals surface area contributed by atoms with Gasteiger partial charge in [0, 0.05) is 25.7 Å². The lowest BCUT2D eigenvalue weighted by atomic mass is 10.0. The molecule has 3 heterocycles. The van der Waals surface area contributed by atoms with Gasteiger partial charge in [0.15, 0.2) is 0 Å². The van der Waals surface area contributed by atoms with Crippen LogP contribution in [0.1, 0.15) is 19.3 Å². The summed E-state index contributed by atoms with van der Waals surface area (Å²) in [5, 5.41) is 6.13. The molecule has 6 heteroatoms. The van der Waals surface area contributed by atoms with Gasteiger partial charge in [-0.15, -0.1) is 0 Å². The maximum Gasteiger partial charge on any atom is 0.229 e. The number of hydrogen-bond acceptors (Lipinski definition) is 5. The minimum Gasteiger partial charge on any atom is -0.370 e. The zero-order chi connectivity index (χ0) is 16.2. The first-order valence-corrected chi connectivity index (χ1v) is 8.52. The van der Waals surface area contributed by atoms with Crippen LogP contribution in [0.3, 0.4) is 0 Å². The summed E-state index contributed by atoms with van der Waals surface area (Å²) in [4.78, 5) is 21.2. The minimum absolute atomic E-state index is 0.0709. The Morgan fingerprint density at radius 2 is 2.09 bits per heavy atom. The smallest absolute Gasteiger partial charge is 0.229 e. The summed E-state index contributed by atoms with van der Waals surface area (Å²) in [6.07, 6.45) is 5.14. The van der Waals surface area contributed by atoms with Gasteiger partial charge in [-0.05, 0) is 52.0 Å². The molecule has 0 aliphatic carbocycles. The molecule has 0 radical (unpaired) electrons. The van der Waals surface area contributed by atoms with E-state index in [1.54, 1.807) is 0 Å². The van der Waals surface area contributed by atoms with Gasteiger partial charge in [-0.1, -0.05) is 0 Å². The number of rotatable bonds is 4. The quantitative estimate of drug-likeness (QED) is 0.873. The minimum atomic E-state index is 0.0709. The summed E-state index contributed by atoms with van der Waals surface area (Å²) >= 11 is 0. The number of piperidine rings is 1. The number of carbonyl (C=O) groups is 1. The third-order valence-electron chi connectivity index (χ3n) is 4.99. The molecule has 1 aromatic rings. The van der Waals surface area contributed by atoms with Crippen molar-refractivity contribution >= 4 is 17.4 Å². The Morgan fingerprint density at radius 3 is 2.65 bits per heavy atom. The van der Waals surface area contributed by atoms with E-state index < -0.39 is 0 Å². The largest absolute Gasteiger partial charge is 0.370 e. The Labute approximate surface area is 138 Å². The highest BCUT2D eigenvalue weighted by atomic mass is 16.2. The van der Waals surface area contributed by atoms with Gasteiger partial charge in [0.2, 0.25) is 5.91 Å². The van der Waals surface area contributed by atoms with Crippen LogP contribution in [0.25, 0.3) is 0 Å². The average Bonchev–Trinajstić information content (AvgIpc) is 3.10. The Balaban J connectivity index is 1.54. The van der Waals surface area contributed by atoms with Crippen molar-refractivity contribution in [1.29, 1.82) is 0 Å². The second-order valence-corrected chi connectivity index (χ2v) is 6.76. The third kappa shape index (κ3) is 4.00. The van der Waals surface area contributed by atoms with Gasteiger partial charge in [-0.25, -0.2) is 4.98 Å². The van der Waals surface area contributed by atoms with Gasteiger partial charge in [-0.2, -0.15) is 0 Å². The van der Waals surface area contributed by atoms with Gasteiger partial charge in [0.1, 0.15) is 5.82 Å². The number of nitrogens with one attached hydrogen (secondary N) is 2. The Kier molecular flexibility index (Phi) is 5.13. The summed E-state index contributed by atoms with van der Waals surface area (Å²) in [5.74, 6) is 0.789. The molecule has 2 fully saturated rings. The molecular weight excluding hydrogens is 290 g/mol. The van der Waals surface area contributed by atoms with Crippen LogP contribution in [0.15, 0.2) is 18.3 Å². The van der Waals surface area contributed by atoms with Crippen molar-refractivity contribution in [3.63, 3.8) is 0 Å². The number of carbonyl (C=O) groups excluding carboxylic acids is 1. The lowest BCUT2D eigenvalue weighted by molar-refractivity contribution is -0.119. The first-order valence-electron chi connectivity index (χ1n) is 8.52. The monoisotopic (exact) mass is 317 g/mol. The first kappa shape index (κ1) is 16.2. The zero-order valence-electron chi connectivity index (χ0n) is 14.1. The van der Waals surface area contributed by atoms with Crippen molar-refractivity contribution in [3.8, 4) is 0 Å². The molecule has 1 atom stereocenters. The van der Waals surface area contributed by atoms with Crippen molar-refractivity contribution in [1.82, 2.24) is 15.2 Å². The fourth-order valence-corrected chi connectivity index (χ4v) is 3.39. The lowest BCUT2D eigenvalue weighted by Gasteiger charge is -2.36. The van der Waals surface area contributed by atoms with Crippen LogP contribution in [0.4, 0.5) is 11.5 Å². The standard InChI is InChI=1S/C17H27N5O/c1-21(2)14-6-9-22(10-7-14)15-3-4-16(19-12-15)20-17(23)13-5-8-18-11-13/h3-4,12-14,18H,5-11H2,1-2H3,(H,19,20,23). The molecule has 6 nitrogen and oxygen atoms in total. The average molecular weight is 317 g/mol. The maximum atomic E-state index is 12.1. The maximum absolute atomic E-state index is 12.1. The van der Waals surface area contributed by atoms with Crippen molar-refractivity contribution in [2.24, 2.45) is 5.92 Å². The molecular formula is C17H27N5O. The molecule has 0 aromatic carbocycles. The van der Waals surface area contributed by atoms with E-state index in [-0.39, 0.29) is 11.8 Å². The molecule has 0 saturated carbocycles. The molecule has 23 heavy (non-hydrogen) atoms. The van der Waals surface area contributed by atoms with Crippen LogP contribution < -0.4 is 15.5 Å². The molecule has 1 unspecified atom stereocenters. The number of anilines is 2. The van der Waals surface area contributed by atoms with Crippen LogP contribution in [0.5, 0.6) is 0 Å². The second-order valence-electron chi connectivity index (χ2n) is 6.76. The molecule has 0 bridgehead atoms. The molecule has 2 aliphatic rings.